The van der Waals surface area contributed by atoms with E-state index >= 15 is 0 Å². The molecule has 0 bridgehead atoms. The van der Waals surface area contributed by atoms with E-state index in [-0.39, 0.29) is 29.4 Å². The van der Waals surface area contributed by atoms with Gasteiger partial charge in [0.2, 0.25) is 0 Å². The molecule has 2 rings (SSSR count). The van der Waals surface area contributed by atoms with Crippen molar-refractivity contribution in [2.75, 3.05) is 19.3 Å². The molecule has 0 aliphatic heterocycles. The molecule has 166 valence electrons. The van der Waals surface area contributed by atoms with Crippen LogP contribution in [0, 0.1) is 6.92 Å². The van der Waals surface area contributed by atoms with E-state index in [1.807, 2.05) is 43.3 Å². The molecule has 30 heavy (non-hydrogen) atoms. The fourth-order valence-electron chi connectivity index (χ4n) is 3.15. The summed E-state index contributed by atoms with van der Waals surface area (Å²) in [7, 11) is -3.22. The lowest BCUT2D eigenvalue weighted by Gasteiger charge is -2.27. The van der Waals surface area contributed by atoms with E-state index in [0.717, 1.165) is 28.3 Å². The van der Waals surface area contributed by atoms with Crippen LogP contribution in [-0.4, -0.2) is 33.7 Å². The number of guanidine groups is 1. The van der Waals surface area contributed by atoms with Gasteiger partial charge in [0.15, 0.2) is 15.8 Å². The average Bonchev–Trinajstić information content (AvgIpc) is 2.63. The molecule has 2 aromatic carbocycles. The Morgan fingerprint density at radius 3 is 2.37 bits per heavy atom. The summed E-state index contributed by atoms with van der Waals surface area (Å²) in [6.45, 7) is 9.95. The van der Waals surface area contributed by atoms with Crippen LogP contribution in [0.4, 0.5) is 0 Å². The van der Waals surface area contributed by atoms with Crippen LogP contribution in [-0.2, 0) is 21.8 Å². The Bertz CT molecular complexity index is 992. The molecular formula is C22H31ClIN3O2S. The van der Waals surface area contributed by atoms with Crippen LogP contribution in [0.3, 0.4) is 0 Å². The first-order valence-electron chi connectivity index (χ1n) is 9.61. The summed E-state index contributed by atoms with van der Waals surface area (Å²) < 4.78 is 23.6. The number of nitrogens with one attached hydrogen (secondary N) is 2. The lowest BCUT2D eigenvalue weighted by Crippen LogP contribution is -2.43. The number of rotatable bonds is 7. The summed E-state index contributed by atoms with van der Waals surface area (Å²) in [6.07, 6.45) is 1.22. The first-order valence-corrected chi connectivity index (χ1v) is 11.9. The molecule has 0 aliphatic rings. The Morgan fingerprint density at radius 2 is 1.80 bits per heavy atom. The Labute approximate surface area is 202 Å². The minimum atomic E-state index is -3.22. The number of hydrogen-bond acceptors (Lipinski definition) is 3. The van der Waals surface area contributed by atoms with Crippen LogP contribution in [0.5, 0.6) is 0 Å². The van der Waals surface area contributed by atoms with Crippen LogP contribution in [0.25, 0.3) is 0 Å². The zero-order valence-corrected chi connectivity index (χ0v) is 22.0. The van der Waals surface area contributed by atoms with E-state index in [2.05, 4.69) is 29.5 Å². The largest absolute Gasteiger partial charge is 0.357 e. The minimum Gasteiger partial charge on any atom is -0.357 e. The monoisotopic (exact) mass is 563 g/mol. The summed E-state index contributed by atoms with van der Waals surface area (Å²) in [6, 6.07) is 13.2. The van der Waals surface area contributed by atoms with Crippen LogP contribution >= 0.6 is 35.6 Å². The molecule has 8 heteroatoms. The molecule has 5 nitrogen and oxygen atoms in total. The van der Waals surface area contributed by atoms with E-state index in [1.54, 1.807) is 13.0 Å². The van der Waals surface area contributed by atoms with Gasteiger partial charge in [-0.25, -0.2) is 13.4 Å². The first kappa shape index (κ1) is 26.7. The first-order chi connectivity index (χ1) is 13.5. The molecule has 0 atom stereocenters. The summed E-state index contributed by atoms with van der Waals surface area (Å²) in [5, 5.41) is 7.40. The molecule has 0 saturated carbocycles. The van der Waals surface area contributed by atoms with Gasteiger partial charge in [-0.15, -0.1) is 24.0 Å². The van der Waals surface area contributed by atoms with E-state index in [1.165, 1.54) is 6.26 Å². The lowest BCUT2D eigenvalue weighted by molar-refractivity contribution is 0.509. The smallest absolute Gasteiger partial charge is 0.191 e. The summed E-state index contributed by atoms with van der Waals surface area (Å²) >= 11 is 6.37. The topological polar surface area (TPSA) is 70.6 Å². The average molecular weight is 564 g/mol. The second kappa shape index (κ2) is 11.3. The number of aryl methyl sites for hydroxylation is 1. The van der Waals surface area contributed by atoms with Crippen molar-refractivity contribution in [2.24, 2.45) is 4.99 Å². The number of aliphatic imine (C=N–C) groups is 1. The Kier molecular flexibility index (Phi) is 10.1. The second-order valence-corrected chi connectivity index (χ2v) is 10.2. The van der Waals surface area contributed by atoms with Crippen molar-refractivity contribution < 1.29 is 8.42 Å². The third kappa shape index (κ3) is 7.42. The van der Waals surface area contributed by atoms with Crippen molar-refractivity contribution in [3.8, 4) is 0 Å². The Hall–Kier alpha value is -1.32. The normalized spacial score (nSPS) is 12.3. The molecule has 0 saturated heterocycles. The summed E-state index contributed by atoms with van der Waals surface area (Å²) in [4.78, 5) is 5.01. The molecule has 2 aromatic rings. The third-order valence-corrected chi connectivity index (χ3v) is 6.29. The zero-order chi connectivity index (χ0) is 21.7. The van der Waals surface area contributed by atoms with Gasteiger partial charge in [-0.2, -0.15) is 0 Å². The van der Waals surface area contributed by atoms with Gasteiger partial charge in [0, 0.05) is 29.8 Å². The molecule has 2 N–H and O–H groups in total. The van der Waals surface area contributed by atoms with Crippen molar-refractivity contribution >= 4 is 51.4 Å². The van der Waals surface area contributed by atoms with Crippen LogP contribution in [0.2, 0.25) is 5.02 Å². The Balaban J connectivity index is 0.00000450. The highest BCUT2D eigenvalue weighted by Crippen LogP contribution is 2.29. The minimum absolute atomic E-state index is 0. The van der Waals surface area contributed by atoms with Crippen molar-refractivity contribution in [3.05, 3.63) is 64.2 Å². The SMILES string of the molecule is CCNC(=NCc1ccc(S(C)(=O)=O)c(C)c1)NCC(C)(C)c1ccccc1Cl.I. The molecule has 0 fully saturated rings. The van der Waals surface area contributed by atoms with Gasteiger partial charge in [0.05, 0.1) is 11.4 Å². The zero-order valence-electron chi connectivity index (χ0n) is 18.1. The quantitative estimate of drug-likeness (QED) is 0.291. The molecule has 0 unspecified atom stereocenters. The highest BCUT2D eigenvalue weighted by atomic mass is 127. The van der Waals surface area contributed by atoms with Crippen LogP contribution in [0.1, 0.15) is 37.5 Å². The second-order valence-electron chi connectivity index (χ2n) is 7.78. The fourth-order valence-corrected chi connectivity index (χ4v) is 4.50. The fraction of sp³-hybridized carbons (Fsp3) is 0.409. The number of nitrogens with zero attached hydrogens (tertiary/aromatic N) is 1. The van der Waals surface area contributed by atoms with Crippen LogP contribution < -0.4 is 10.6 Å². The molecular weight excluding hydrogens is 533 g/mol. The number of halogens is 2. The van der Waals surface area contributed by atoms with Gasteiger partial charge < -0.3 is 10.6 Å². The van der Waals surface area contributed by atoms with E-state index in [0.29, 0.717) is 23.9 Å². The van der Waals surface area contributed by atoms with Crippen molar-refractivity contribution in [2.45, 2.75) is 44.6 Å². The van der Waals surface area contributed by atoms with E-state index in [4.69, 9.17) is 11.6 Å². The molecule has 0 aromatic heterocycles. The van der Waals surface area contributed by atoms with Crippen molar-refractivity contribution in [1.82, 2.24) is 10.6 Å². The van der Waals surface area contributed by atoms with Gasteiger partial charge in [-0.3, -0.25) is 0 Å². The molecule has 0 heterocycles. The predicted octanol–water partition coefficient (Wildman–Crippen LogP) is 4.70. The predicted molar refractivity (Wildman–Crippen MR) is 137 cm³/mol. The van der Waals surface area contributed by atoms with Gasteiger partial charge in [0.1, 0.15) is 0 Å². The third-order valence-electron chi connectivity index (χ3n) is 4.70. The maximum atomic E-state index is 11.8. The summed E-state index contributed by atoms with van der Waals surface area (Å²) in [5.74, 6) is 0.706. The van der Waals surface area contributed by atoms with Gasteiger partial charge in [-0.1, -0.05) is 55.8 Å². The van der Waals surface area contributed by atoms with Gasteiger partial charge >= 0.3 is 0 Å². The lowest BCUT2D eigenvalue weighted by atomic mass is 9.84. The number of sulfone groups is 1. The Morgan fingerprint density at radius 1 is 1.13 bits per heavy atom. The molecule has 0 aliphatic carbocycles. The molecule has 0 amide bonds. The highest BCUT2D eigenvalue weighted by Gasteiger charge is 2.23. The standard InChI is InChI=1S/C22H30ClN3O2S.HI/c1-6-24-21(26-15-22(3,4)18-9-7-8-10-19(18)23)25-14-17-11-12-20(16(2)13-17)29(5,27)28;/h7-13H,6,14-15H2,1-5H3,(H2,24,25,26);1H. The maximum Gasteiger partial charge on any atom is 0.191 e. The van der Waals surface area contributed by atoms with Crippen LogP contribution in [0.15, 0.2) is 52.4 Å². The molecule has 0 spiro atoms. The van der Waals surface area contributed by atoms with Crippen molar-refractivity contribution in [3.63, 3.8) is 0 Å². The number of benzene rings is 2. The van der Waals surface area contributed by atoms with Crippen molar-refractivity contribution in [1.29, 1.82) is 0 Å². The van der Waals surface area contributed by atoms with E-state index in [9.17, 15) is 8.42 Å². The van der Waals surface area contributed by atoms with Gasteiger partial charge in [-0.05, 0) is 42.7 Å². The highest BCUT2D eigenvalue weighted by molar-refractivity contribution is 14.0. The number of hydrogen-bond donors (Lipinski definition) is 2. The van der Waals surface area contributed by atoms with Gasteiger partial charge in [0.25, 0.3) is 0 Å². The molecule has 0 radical (unpaired) electrons. The summed E-state index contributed by atoms with van der Waals surface area (Å²) in [5.41, 5.74) is 2.59. The maximum absolute atomic E-state index is 11.8. The van der Waals surface area contributed by atoms with E-state index < -0.39 is 9.84 Å².